The van der Waals surface area contributed by atoms with Crippen LogP contribution in [0.4, 0.5) is 0 Å². The van der Waals surface area contributed by atoms with Gasteiger partial charge in [-0.15, -0.1) is 0 Å². The standard InChI is InChI=1S/C9H9NOS2/c11-9-10(5-6-12)7-3-1-2-4-8(7)13-9/h1-4,12H,5-6H2/p-1. The fourth-order valence-corrected chi connectivity index (χ4v) is 2.42. The number of rotatable bonds is 2. The van der Waals surface area contributed by atoms with Crippen LogP contribution in [0.1, 0.15) is 0 Å². The summed E-state index contributed by atoms with van der Waals surface area (Å²) in [4.78, 5) is 11.6. The first-order valence-electron chi connectivity index (χ1n) is 3.99. The number of hydrogen-bond acceptors (Lipinski definition) is 3. The Labute approximate surface area is 85.2 Å². The molecule has 0 unspecified atom stereocenters. The number of benzene rings is 1. The van der Waals surface area contributed by atoms with E-state index >= 15 is 0 Å². The Kier molecular flexibility index (Phi) is 2.42. The molecule has 1 aromatic carbocycles. The molecular weight excluding hydrogens is 202 g/mol. The molecule has 13 heavy (non-hydrogen) atoms. The van der Waals surface area contributed by atoms with E-state index in [0.29, 0.717) is 12.3 Å². The molecule has 0 saturated carbocycles. The first-order chi connectivity index (χ1) is 6.33. The van der Waals surface area contributed by atoms with E-state index < -0.39 is 0 Å². The summed E-state index contributed by atoms with van der Waals surface area (Å²) in [6.07, 6.45) is 0. The van der Waals surface area contributed by atoms with Crippen molar-refractivity contribution in [2.24, 2.45) is 0 Å². The van der Waals surface area contributed by atoms with Gasteiger partial charge in [0.2, 0.25) is 0 Å². The van der Waals surface area contributed by atoms with Gasteiger partial charge in [-0.3, -0.25) is 4.79 Å². The predicted octanol–water partition coefficient (Wildman–Crippen LogP) is 1.61. The van der Waals surface area contributed by atoms with Gasteiger partial charge in [-0.2, -0.15) is 5.75 Å². The third-order valence-electron chi connectivity index (χ3n) is 1.89. The lowest BCUT2D eigenvalue weighted by Gasteiger charge is -2.04. The van der Waals surface area contributed by atoms with Gasteiger partial charge in [0.15, 0.2) is 0 Å². The van der Waals surface area contributed by atoms with E-state index in [1.807, 2.05) is 24.3 Å². The molecule has 2 nitrogen and oxygen atoms in total. The average molecular weight is 210 g/mol. The monoisotopic (exact) mass is 210 g/mol. The fourth-order valence-electron chi connectivity index (χ4n) is 1.32. The lowest BCUT2D eigenvalue weighted by molar-refractivity contribution is 0.789. The van der Waals surface area contributed by atoms with Crippen LogP contribution in [0.2, 0.25) is 0 Å². The van der Waals surface area contributed by atoms with E-state index in [1.165, 1.54) is 11.3 Å². The minimum Gasteiger partial charge on any atom is -0.791 e. The van der Waals surface area contributed by atoms with Gasteiger partial charge >= 0.3 is 4.87 Å². The third kappa shape index (κ3) is 1.51. The van der Waals surface area contributed by atoms with Crippen molar-refractivity contribution in [2.45, 2.75) is 6.54 Å². The minimum atomic E-state index is 0.0889. The molecule has 1 aromatic heterocycles. The number of fused-ring (bicyclic) bond motifs is 1. The van der Waals surface area contributed by atoms with Crippen molar-refractivity contribution < 1.29 is 0 Å². The van der Waals surface area contributed by atoms with E-state index in [2.05, 4.69) is 0 Å². The topological polar surface area (TPSA) is 22.0 Å². The maximum atomic E-state index is 11.5. The van der Waals surface area contributed by atoms with Gasteiger partial charge in [-0.25, -0.2) is 0 Å². The van der Waals surface area contributed by atoms with Gasteiger partial charge in [0.1, 0.15) is 0 Å². The molecule has 0 aliphatic rings. The largest absolute Gasteiger partial charge is 0.791 e. The molecule has 0 fully saturated rings. The van der Waals surface area contributed by atoms with Gasteiger partial charge in [0.25, 0.3) is 0 Å². The van der Waals surface area contributed by atoms with Crippen LogP contribution in [0, 0.1) is 0 Å². The molecule has 2 rings (SSSR count). The zero-order valence-corrected chi connectivity index (χ0v) is 8.53. The number of aryl methyl sites for hydroxylation is 1. The predicted molar refractivity (Wildman–Crippen MR) is 58.3 cm³/mol. The van der Waals surface area contributed by atoms with Crippen molar-refractivity contribution in [1.82, 2.24) is 4.57 Å². The Morgan fingerprint density at radius 1 is 1.38 bits per heavy atom. The van der Waals surface area contributed by atoms with Gasteiger partial charge in [-0.1, -0.05) is 23.5 Å². The summed E-state index contributed by atoms with van der Waals surface area (Å²) in [5, 5.41) is 0. The summed E-state index contributed by atoms with van der Waals surface area (Å²) in [6.45, 7) is 0.637. The van der Waals surface area contributed by atoms with Crippen LogP contribution in [0.3, 0.4) is 0 Å². The van der Waals surface area contributed by atoms with Crippen LogP contribution in [-0.4, -0.2) is 10.3 Å². The molecule has 0 atom stereocenters. The highest BCUT2D eigenvalue weighted by Gasteiger charge is 2.03. The van der Waals surface area contributed by atoms with Crippen molar-refractivity contribution >= 4 is 34.2 Å². The lowest BCUT2D eigenvalue weighted by Crippen LogP contribution is -2.14. The second-order valence-corrected chi connectivity index (χ2v) is 4.09. The van der Waals surface area contributed by atoms with Crippen molar-refractivity contribution in [2.75, 3.05) is 5.75 Å². The smallest absolute Gasteiger partial charge is 0.308 e. The molecule has 0 N–H and O–H groups in total. The molecule has 1 heterocycles. The Hall–Kier alpha value is -0.740. The average Bonchev–Trinajstić information content (AvgIpc) is 2.44. The Bertz CT molecular complexity index is 472. The van der Waals surface area contributed by atoms with Crippen molar-refractivity contribution in [3.05, 3.63) is 33.9 Å². The first kappa shape index (κ1) is 8.84. The second kappa shape index (κ2) is 3.55. The number of thiazole rings is 1. The van der Waals surface area contributed by atoms with Crippen LogP contribution >= 0.6 is 11.3 Å². The summed E-state index contributed by atoms with van der Waals surface area (Å²) in [5.74, 6) is 0.584. The van der Waals surface area contributed by atoms with Crippen LogP contribution in [0.25, 0.3) is 10.2 Å². The first-order valence-corrected chi connectivity index (χ1v) is 5.39. The van der Waals surface area contributed by atoms with Gasteiger partial charge in [0.05, 0.1) is 10.2 Å². The molecule has 0 aliphatic heterocycles. The Balaban J connectivity index is 2.71. The second-order valence-electron chi connectivity index (χ2n) is 2.69. The molecular formula is C9H8NOS2-. The van der Waals surface area contributed by atoms with Crippen molar-refractivity contribution in [1.29, 1.82) is 0 Å². The summed E-state index contributed by atoms with van der Waals surface area (Å²) in [5.41, 5.74) is 1.00. The highest BCUT2D eigenvalue weighted by atomic mass is 32.1. The molecule has 0 bridgehead atoms. The van der Waals surface area contributed by atoms with Crippen LogP contribution in [0.5, 0.6) is 0 Å². The number of nitrogens with zero attached hydrogens (tertiary/aromatic N) is 1. The molecule has 2 aromatic rings. The van der Waals surface area contributed by atoms with Crippen molar-refractivity contribution in [3.8, 4) is 0 Å². The minimum absolute atomic E-state index is 0.0889. The summed E-state index contributed by atoms with van der Waals surface area (Å²) in [7, 11) is 0. The summed E-state index contributed by atoms with van der Waals surface area (Å²) >= 11 is 6.15. The molecule has 0 aliphatic carbocycles. The molecule has 0 spiro atoms. The van der Waals surface area contributed by atoms with E-state index in [9.17, 15) is 4.79 Å². The molecule has 4 heteroatoms. The summed E-state index contributed by atoms with van der Waals surface area (Å²) < 4.78 is 2.78. The number of aromatic nitrogens is 1. The zero-order chi connectivity index (χ0) is 9.26. The highest BCUT2D eigenvalue weighted by molar-refractivity contribution is 7.58. The quantitative estimate of drug-likeness (QED) is 0.703. The maximum absolute atomic E-state index is 11.5. The zero-order valence-electron chi connectivity index (χ0n) is 6.90. The highest BCUT2D eigenvalue weighted by Crippen LogP contribution is 2.15. The van der Waals surface area contributed by atoms with Crippen LogP contribution < -0.4 is 4.87 Å². The molecule has 0 amide bonds. The SMILES string of the molecule is O=c1sc2ccccc2n1CC[S-]. The molecule has 0 saturated heterocycles. The summed E-state index contributed by atoms with van der Waals surface area (Å²) in [6, 6.07) is 7.80. The lowest BCUT2D eigenvalue weighted by atomic mass is 10.3. The van der Waals surface area contributed by atoms with Crippen LogP contribution in [-0.2, 0) is 19.2 Å². The normalized spacial score (nSPS) is 10.8. The molecule has 0 radical (unpaired) electrons. The van der Waals surface area contributed by atoms with Crippen LogP contribution in [0.15, 0.2) is 29.1 Å². The van der Waals surface area contributed by atoms with E-state index in [0.717, 1.165) is 10.2 Å². The van der Waals surface area contributed by atoms with E-state index in [1.54, 1.807) is 4.57 Å². The van der Waals surface area contributed by atoms with Gasteiger partial charge < -0.3 is 17.2 Å². The maximum Gasteiger partial charge on any atom is 0.308 e. The van der Waals surface area contributed by atoms with Gasteiger partial charge in [0, 0.05) is 6.54 Å². The van der Waals surface area contributed by atoms with E-state index in [4.69, 9.17) is 12.6 Å². The molecule has 68 valence electrons. The van der Waals surface area contributed by atoms with Crippen molar-refractivity contribution in [3.63, 3.8) is 0 Å². The fraction of sp³-hybridized carbons (Fsp3) is 0.222. The third-order valence-corrected chi connectivity index (χ3v) is 3.03. The van der Waals surface area contributed by atoms with Gasteiger partial charge in [-0.05, 0) is 12.1 Å². The Morgan fingerprint density at radius 2 is 2.15 bits per heavy atom. The Morgan fingerprint density at radius 3 is 2.92 bits per heavy atom. The number of hydrogen-bond donors (Lipinski definition) is 0. The number of para-hydroxylation sites is 1. The van der Waals surface area contributed by atoms with E-state index in [-0.39, 0.29) is 4.87 Å².